The zero-order valence-electron chi connectivity index (χ0n) is 12.3. The third-order valence-corrected chi connectivity index (χ3v) is 3.31. The van der Waals surface area contributed by atoms with Gasteiger partial charge in [0.25, 0.3) is 5.56 Å². The van der Waals surface area contributed by atoms with E-state index in [0.29, 0.717) is 22.5 Å². The summed E-state index contributed by atoms with van der Waals surface area (Å²) in [5.41, 5.74) is 3.90. The van der Waals surface area contributed by atoms with E-state index in [-0.39, 0.29) is 11.5 Å². The molecule has 0 bridgehead atoms. The van der Waals surface area contributed by atoms with Gasteiger partial charge in [-0.05, 0) is 36.8 Å². The Labute approximate surface area is 127 Å². The maximum atomic E-state index is 12.2. The summed E-state index contributed by atoms with van der Waals surface area (Å²) in [6.07, 6.45) is 0. The number of aromatic amines is 1. The highest BCUT2D eigenvalue weighted by atomic mass is 16.1. The van der Waals surface area contributed by atoms with E-state index in [1.807, 2.05) is 25.1 Å². The molecule has 0 saturated carbocycles. The maximum absolute atomic E-state index is 12.2. The quantitative estimate of drug-likeness (QED) is 0.763. The molecular formula is C17H15N3O2. The molecule has 5 heteroatoms. The molecule has 1 heterocycles. The average Bonchev–Trinajstić information content (AvgIpc) is 2.46. The summed E-state index contributed by atoms with van der Waals surface area (Å²) < 4.78 is 0. The molecule has 110 valence electrons. The summed E-state index contributed by atoms with van der Waals surface area (Å²) in [6.45, 7) is 3.42. The first-order chi connectivity index (χ1) is 10.5. The van der Waals surface area contributed by atoms with Gasteiger partial charge in [-0.25, -0.2) is 4.98 Å². The number of amides is 1. The van der Waals surface area contributed by atoms with Gasteiger partial charge >= 0.3 is 0 Å². The molecule has 0 atom stereocenters. The van der Waals surface area contributed by atoms with Crippen molar-refractivity contribution in [3.05, 3.63) is 58.4 Å². The van der Waals surface area contributed by atoms with Crippen LogP contribution in [0.1, 0.15) is 12.5 Å². The first kappa shape index (κ1) is 14.0. The third-order valence-electron chi connectivity index (χ3n) is 3.31. The predicted molar refractivity (Wildman–Crippen MR) is 86.8 cm³/mol. The van der Waals surface area contributed by atoms with Crippen molar-refractivity contribution in [2.75, 3.05) is 5.32 Å². The second kappa shape index (κ2) is 5.44. The molecule has 0 radical (unpaired) electrons. The molecule has 5 nitrogen and oxygen atoms in total. The number of aromatic nitrogens is 2. The average molecular weight is 293 g/mol. The van der Waals surface area contributed by atoms with Crippen LogP contribution >= 0.6 is 0 Å². The molecule has 0 unspecified atom stereocenters. The van der Waals surface area contributed by atoms with Crippen molar-refractivity contribution in [2.45, 2.75) is 13.8 Å². The van der Waals surface area contributed by atoms with Gasteiger partial charge in [0.1, 0.15) is 5.69 Å². The Morgan fingerprint density at radius 1 is 1.18 bits per heavy atom. The fraction of sp³-hybridized carbons (Fsp3) is 0.118. The summed E-state index contributed by atoms with van der Waals surface area (Å²) in [7, 11) is 0. The monoisotopic (exact) mass is 293 g/mol. The van der Waals surface area contributed by atoms with Gasteiger partial charge in [-0.2, -0.15) is 0 Å². The smallest absolute Gasteiger partial charge is 0.274 e. The molecule has 0 fully saturated rings. The number of hydrogen-bond donors (Lipinski definition) is 2. The first-order valence-electron chi connectivity index (χ1n) is 6.91. The summed E-state index contributed by atoms with van der Waals surface area (Å²) in [5.74, 6) is -0.159. The van der Waals surface area contributed by atoms with Crippen molar-refractivity contribution < 1.29 is 4.79 Å². The number of H-pyrrole nitrogens is 1. The second-order valence-corrected chi connectivity index (χ2v) is 5.20. The summed E-state index contributed by atoms with van der Waals surface area (Å²) in [5, 5.41) is 2.70. The number of rotatable bonds is 2. The molecule has 3 aromatic rings. The van der Waals surface area contributed by atoms with Gasteiger partial charge in [-0.3, -0.25) is 9.59 Å². The lowest BCUT2D eigenvalue weighted by Gasteiger charge is -2.06. The Kier molecular flexibility index (Phi) is 3.47. The Bertz CT molecular complexity index is 929. The highest BCUT2D eigenvalue weighted by Crippen LogP contribution is 2.20. The molecule has 0 spiro atoms. The van der Waals surface area contributed by atoms with Crippen LogP contribution in [0.15, 0.2) is 47.3 Å². The number of fused-ring (bicyclic) bond motifs is 1. The molecule has 2 N–H and O–H groups in total. The molecule has 0 saturated heterocycles. The number of carbonyl (C=O) groups excluding carboxylic acids is 1. The molecule has 0 aliphatic heterocycles. The van der Waals surface area contributed by atoms with Gasteiger partial charge in [0.05, 0.1) is 11.0 Å². The number of benzene rings is 2. The number of aryl methyl sites for hydroxylation is 1. The topological polar surface area (TPSA) is 74.8 Å². The summed E-state index contributed by atoms with van der Waals surface area (Å²) >= 11 is 0. The lowest BCUT2D eigenvalue weighted by molar-refractivity contribution is -0.114. The van der Waals surface area contributed by atoms with E-state index in [2.05, 4.69) is 15.3 Å². The number of anilines is 1. The Morgan fingerprint density at radius 2 is 2.00 bits per heavy atom. The number of carbonyl (C=O) groups is 1. The van der Waals surface area contributed by atoms with Crippen molar-refractivity contribution in [3.63, 3.8) is 0 Å². The van der Waals surface area contributed by atoms with Crippen LogP contribution in [0.4, 0.5) is 5.69 Å². The molecule has 2 aromatic carbocycles. The highest BCUT2D eigenvalue weighted by Gasteiger charge is 2.08. The van der Waals surface area contributed by atoms with Gasteiger partial charge in [0, 0.05) is 18.2 Å². The van der Waals surface area contributed by atoms with Crippen LogP contribution in [-0.4, -0.2) is 15.9 Å². The molecular weight excluding hydrogens is 278 g/mol. The van der Waals surface area contributed by atoms with Crippen LogP contribution in [0, 0.1) is 6.92 Å². The maximum Gasteiger partial charge on any atom is 0.274 e. The van der Waals surface area contributed by atoms with E-state index in [4.69, 9.17) is 0 Å². The fourth-order valence-corrected chi connectivity index (χ4v) is 2.34. The van der Waals surface area contributed by atoms with E-state index in [0.717, 1.165) is 11.1 Å². The van der Waals surface area contributed by atoms with Gasteiger partial charge < -0.3 is 10.3 Å². The number of nitrogens with zero attached hydrogens (tertiary/aromatic N) is 1. The lowest BCUT2D eigenvalue weighted by Crippen LogP contribution is -2.12. The molecule has 3 rings (SSSR count). The van der Waals surface area contributed by atoms with Gasteiger partial charge in [0.2, 0.25) is 5.91 Å². The van der Waals surface area contributed by atoms with Crippen molar-refractivity contribution in [1.82, 2.24) is 9.97 Å². The van der Waals surface area contributed by atoms with Crippen LogP contribution < -0.4 is 10.9 Å². The largest absolute Gasteiger partial charge is 0.326 e. The van der Waals surface area contributed by atoms with Crippen molar-refractivity contribution in [2.24, 2.45) is 0 Å². The number of hydrogen-bond acceptors (Lipinski definition) is 3. The van der Waals surface area contributed by atoms with E-state index >= 15 is 0 Å². The molecule has 1 amide bonds. The Balaban J connectivity index is 2.15. The normalized spacial score (nSPS) is 10.6. The van der Waals surface area contributed by atoms with E-state index in [1.165, 1.54) is 6.92 Å². The van der Waals surface area contributed by atoms with E-state index in [1.54, 1.807) is 24.3 Å². The number of nitrogens with one attached hydrogen (secondary N) is 2. The minimum atomic E-state index is -0.253. The second-order valence-electron chi connectivity index (χ2n) is 5.20. The predicted octanol–water partition coefficient (Wildman–Crippen LogP) is 2.86. The van der Waals surface area contributed by atoms with Crippen LogP contribution in [0.5, 0.6) is 0 Å². The van der Waals surface area contributed by atoms with Gasteiger partial charge in [-0.1, -0.05) is 18.2 Å². The first-order valence-corrected chi connectivity index (χ1v) is 6.91. The summed E-state index contributed by atoms with van der Waals surface area (Å²) in [6, 6.07) is 12.8. The molecule has 1 aromatic heterocycles. The fourth-order valence-electron chi connectivity index (χ4n) is 2.34. The van der Waals surface area contributed by atoms with Crippen molar-refractivity contribution in [1.29, 1.82) is 0 Å². The van der Waals surface area contributed by atoms with Crippen LogP contribution in [-0.2, 0) is 4.79 Å². The molecule has 22 heavy (non-hydrogen) atoms. The Hall–Kier alpha value is -2.95. The third kappa shape index (κ3) is 2.74. The summed E-state index contributed by atoms with van der Waals surface area (Å²) in [4.78, 5) is 30.7. The van der Waals surface area contributed by atoms with Gasteiger partial charge in [0.15, 0.2) is 0 Å². The zero-order chi connectivity index (χ0) is 15.7. The van der Waals surface area contributed by atoms with Crippen LogP contribution in [0.25, 0.3) is 22.3 Å². The van der Waals surface area contributed by atoms with E-state index in [9.17, 15) is 9.59 Å². The Morgan fingerprint density at radius 3 is 2.77 bits per heavy atom. The van der Waals surface area contributed by atoms with E-state index < -0.39 is 0 Å². The SMILES string of the molecule is CC(=O)Nc1cccc(-c2nc3cc(C)ccc3[nH]c2=O)c1. The van der Waals surface area contributed by atoms with Crippen molar-refractivity contribution in [3.8, 4) is 11.3 Å². The van der Waals surface area contributed by atoms with Crippen LogP contribution in [0.3, 0.4) is 0 Å². The standard InChI is InChI=1S/C17H15N3O2/c1-10-6-7-14-15(8-10)19-16(17(22)20-14)12-4-3-5-13(9-12)18-11(2)21/h3-9H,1-2H3,(H,18,21)(H,20,22). The molecule has 0 aliphatic rings. The minimum absolute atomic E-state index is 0.159. The highest BCUT2D eigenvalue weighted by molar-refractivity contribution is 5.89. The molecule has 0 aliphatic carbocycles. The van der Waals surface area contributed by atoms with Crippen molar-refractivity contribution >= 4 is 22.6 Å². The minimum Gasteiger partial charge on any atom is -0.326 e. The lowest BCUT2D eigenvalue weighted by atomic mass is 10.1. The zero-order valence-corrected chi connectivity index (χ0v) is 12.3. The van der Waals surface area contributed by atoms with Gasteiger partial charge in [-0.15, -0.1) is 0 Å². The van der Waals surface area contributed by atoms with Crippen LogP contribution in [0.2, 0.25) is 0 Å².